The van der Waals surface area contributed by atoms with Gasteiger partial charge in [-0.2, -0.15) is 0 Å². The van der Waals surface area contributed by atoms with E-state index < -0.39 is 5.97 Å². The van der Waals surface area contributed by atoms with E-state index in [0.29, 0.717) is 5.56 Å². The SMILES string of the molecule is Cc1sc2cc(CCn3ccnc3)ccc2c1C(=O)O. The predicted molar refractivity (Wildman–Crippen MR) is 79.5 cm³/mol. The van der Waals surface area contributed by atoms with E-state index in [9.17, 15) is 9.90 Å². The number of carbonyl (C=O) groups is 1. The maximum Gasteiger partial charge on any atom is 0.337 e. The Morgan fingerprint density at radius 3 is 3.00 bits per heavy atom. The first-order valence-electron chi connectivity index (χ1n) is 6.36. The summed E-state index contributed by atoms with van der Waals surface area (Å²) in [6.45, 7) is 2.74. The van der Waals surface area contributed by atoms with Crippen molar-refractivity contribution in [3.8, 4) is 0 Å². The third-order valence-corrected chi connectivity index (χ3v) is 4.43. The molecule has 0 saturated carbocycles. The van der Waals surface area contributed by atoms with Gasteiger partial charge in [0.25, 0.3) is 0 Å². The molecule has 3 rings (SSSR count). The molecule has 20 heavy (non-hydrogen) atoms. The summed E-state index contributed by atoms with van der Waals surface area (Å²) in [5, 5.41) is 10.1. The first-order valence-corrected chi connectivity index (χ1v) is 7.18. The van der Waals surface area contributed by atoms with E-state index in [2.05, 4.69) is 11.1 Å². The predicted octanol–water partition coefficient (Wildman–Crippen LogP) is 3.35. The highest BCUT2D eigenvalue weighted by atomic mass is 32.1. The molecule has 0 unspecified atom stereocenters. The monoisotopic (exact) mass is 286 g/mol. The number of carboxylic acids is 1. The number of carboxylic acid groups (broad SMARTS) is 1. The Morgan fingerprint density at radius 2 is 2.30 bits per heavy atom. The third kappa shape index (κ3) is 2.32. The largest absolute Gasteiger partial charge is 0.478 e. The van der Waals surface area contributed by atoms with Crippen LogP contribution >= 0.6 is 11.3 Å². The maximum atomic E-state index is 11.3. The second kappa shape index (κ2) is 5.09. The van der Waals surface area contributed by atoms with Gasteiger partial charge in [0.1, 0.15) is 0 Å². The zero-order valence-electron chi connectivity index (χ0n) is 11.0. The van der Waals surface area contributed by atoms with Crippen LogP contribution < -0.4 is 0 Å². The molecule has 0 aliphatic heterocycles. The molecule has 0 radical (unpaired) electrons. The van der Waals surface area contributed by atoms with E-state index in [-0.39, 0.29) is 0 Å². The molecule has 2 aromatic heterocycles. The minimum absolute atomic E-state index is 0.436. The highest BCUT2D eigenvalue weighted by Crippen LogP contribution is 2.31. The van der Waals surface area contributed by atoms with Crippen molar-refractivity contribution < 1.29 is 9.90 Å². The Balaban J connectivity index is 1.89. The van der Waals surface area contributed by atoms with E-state index in [1.165, 1.54) is 5.56 Å². The van der Waals surface area contributed by atoms with Crippen LogP contribution in [-0.4, -0.2) is 20.6 Å². The van der Waals surface area contributed by atoms with Crippen molar-refractivity contribution in [1.29, 1.82) is 0 Å². The molecular formula is C15H14N2O2S. The van der Waals surface area contributed by atoms with Crippen molar-refractivity contribution in [3.05, 3.63) is 52.9 Å². The van der Waals surface area contributed by atoms with Crippen molar-refractivity contribution in [2.75, 3.05) is 0 Å². The zero-order valence-corrected chi connectivity index (χ0v) is 11.9. The van der Waals surface area contributed by atoms with Gasteiger partial charge in [-0.1, -0.05) is 12.1 Å². The van der Waals surface area contributed by atoms with Crippen LogP contribution in [0.25, 0.3) is 10.1 Å². The van der Waals surface area contributed by atoms with Gasteiger partial charge in [0.15, 0.2) is 0 Å². The van der Waals surface area contributed by atoms with Gasteiger partial charge >= 0.3 is 5.97 Å². The van der Waals surface area contributed by atoms with E-state index in [4.69, 9.17) is 0 Å². The number of aromatic nitrogens is 2. The second-order valence-corrected chi connectivity index (χ2v) is 5.98. The lowest BCUT2D eigenvalue weighted by Crippen LogP contribution is -1.99. The average molecular weight is 286 g/mol. The van der Waals surface area contributed by atoms with Crippen molar-refractivity contribution in [2.45, 2.75) is 19.9 Å². The first kappa shape index (κ1) is 12.9. The Bertz CT molecular complexity index is 760. The fourth-order valence-electron chi connectivity index (χ4n) is 2.36. The summed E-state index contributed by atoms with van der Waals surface area (Å²) >= 11 is 1.54. The minimum atomic E-state index is -0.847. The molecule has 102 valence electrons. The Labute approximate surface area is 120 Å². The zero-order chi connectivity index (χ0) is 14.1. The summed E-state index contributed by atoms with van der Waals surface area (Å²) in [5.41, 5.74) is 1.65. The highest BCUT2D eigenvalue weighted by molar-refractivity contribution is 7.19. The Hall–Kier alpha value is -2.14. The van der Waals surface area contributed by atoms with Crippen molar-refractivity contribution in [3.63, 3.8) is 0 Å². The first-order chi connectivity index (χ1) is 9.65. The topological polar surface area (TPSA) is 55.1 Å². The van der Waals surface area contributed by atoms with Crippen molar-refractivity contribution in [1.82, 2.24) is 9.55 Å². The quantitative estimate of drug-likeness (QED) is 0.800. The lowest BCUT2D eigenvalue weighted by atomic mass is 10.1. The van der Waals surface area contributed by atoms with Crippen LogP contribution in [-0.2, 0) is 13.0 Å². The van der Waals surface area contributed by atoms with Gasteiger partial charge in [0, 0.05) is 33.9 Å². The van der Waals surface area contributed by atoms with E-state index in [1.807, 2.05) is 29.8 Å². The molecule has 5 heteroatoms. The van der Waals surface area contributed by atoms with Crippen LogP contribution in [0.15, 0.2) is 36.9 Å². The van der Waals surface area contributed by atoms with E-state index >= 15 is 0 Å². The summed E-state index contributed by atoms with van der Waals surface area (Å²) in [6.07, 6.45) is 6.42. The number of nitrogens with zero attached hydrogens (tertiary/aromatic N) is 2. The number of benzene rings is 1. The molecule has 0 aliphatic rings. The summed E-state index contributed by atoms with van der Waals surface area (Å²) < 4.78 is 3.08. The van der Waals surface area contributed by atoms with Crippen molar-refractivity contribution in [2.24, 2.45) is 0 Å². The molecule has 0 bridgehead atoms. The average Bonchev–Trinajstić information content (AvgIpc) is 3.01. The molecule has 4 nitrogen and oxygen atoms in total. The molecule has 2 heterocycles. The van der Waals surface area contributed by atoms with E-state index in [0.717, 1.165) is 27.9 Å². The number of imidazole rings is 1. The summed E-state index contributed by atoms with van der Waals surface area (Å²) in [4.78, 5) is 16.1. The summed E-state index contributed by atoms with van der Waals surface area (Å²) in [7, 11) is 0. The van der Waals surface area contributed by atoms with Gasteiger partial charge < -0.3 is 9.67 Å². The number of aromatic carboxylic acids is 1. The molecule has 0 fully saturated rings. The van der Waals surface area contributed by atoms with Crippen LogP contribution in [0.5, 0.6) is 0 Å². The number of aryl methyl sites for hydroxylation is 3. The number of thiophene rings is 1. The second-order valence-electron chi connectivity index (χ2n) is 4.72. The lowest BCUT2D eigenvalue weighted by molar-refractivity contribution is 0.0699. The standard InChI is InChI=1S/C15H14N2O2S/c1-10-14(15(18)19)12-3-2-11(8-13(12)20-10)4-6-17-7-5-16-9-17/h2-3,5,7-9H,4,6H2,1H3,(H,18,19). The lowest BCUT2D eigenvalue weighted by Gasteiger charge is -2.03. The van der Waals surface area contributed by atoms with Gasteiger partial charge in [-0.3, -0.25) is 0 Å². The van der Waals surface area contributed by atoms with Crippen LogP contribution in [0.4, 0.5) is 0 Å². The molecule has 1 aromatic carbocycles. The molecule has 0 atom stereocenters. The molecule has 0 spiro atoms. The molecule has 0 amide bonds. The molecule has 1 N–H and O–H groups in total. The Morgan fingerprint density at radius 1 is 1.45 bits per heavy atom. The number of rotatable bonds is 4. The fourth-order valence-corrected chi connectivity index (χ4v) is 3.48. The molecule has 3 aromatic rings. The summed E-state index contributed by atoms with van der Waals surface area (Å²) in [6, 6.07) is 6.03. The minimum Gasteiger partial charge on any atom is -0.478 e. The van der Waals surface area contributed by atoms with Gasteiger partial charge in [0.05, 0.1) is 11.9 Å². The number of fused-ring (bicyclic) bond motifs is 1. The van der Waals surface area contributed by atoms with Gasteiger partial charge in [0.2, 0.25) is 0 Å². The number of hydrogen-bond acceptors (Lipinski definition) is 3. The molecule has 0 aliphatic carbocycles. The van der Waals surface area contributed by atoms with Crippen LogP contribution in [0, 0.1) is 6.92 Å². The maximum absolute atomic E-state index is 11.3. The van der Waals surface area contributed by atoms with Crippen LogP contribution in [0.1, 0.15) is 20.8 Å². The van der Waals surface area contributed by atoms with Gasteiger partial charge in [-0.05, 0) is 25.0 Å². The normalized spacial score (nSPS) is 11.1. The van der Waals surface area contributed by atoms with Crippen molar-refractivity contribution >= 4 is 27.4 Å². The van der Waals surface area contributed by atoms with E-state index in [1.54, 1.807) is 23.9 Å². The molecular weight excluding hydrogens is 272 g/mol. The highest BCUT2D eigenvalue weighted by Gasteiger charge is 2.15. The fraction of sp³-hybridized carbons (Fsp3) is 0.200. The van der Waals surface area contributed by atoms with Gasteiger partial charge in [-0.25, -0.2) is 9.78 Å². The summed E-state index contributed by atoms with van der Waals surface area (Å²) in [5.74, 6) is -0.847. The van der Waals surface area contributed by atoms with Gasteiger partial charge in [-0.15, -0.1) is 11.3 Å². The van der Waals surface area contributed by atoms with Crippen LogP contribution in [0.2, 0.25) is 0 Å². The number of hydrogen-bond donors (Lipinski definition) is 1. The smallest absolute Gasteiger partial charge is 0.337 e. The third-order valence-electron chi connectivity index (χ3n) is 3.36. The molecule has 0 saturated heterocycles. The Kier molecular flexibility index (Phi) is 3.28. The van der Waals surface area contributed by atoms with Crippen LogP contribution in [0.3, 0.4) is 0 Å².